The average Bonchev–Trinajstić information content (AvgIpc) is 3.20. The van der Waals surface area contributed by atoms with Crippen LogP contribution in [0, 0.1) is 5.92 Å². The summed E-state index contributed by atoms with van der Waals surface area (Å²) in [5.41, 5.74) is 1.04. The number of hydrogen-bond donors (Lipinski definition) is 0. The number of Topliss-reactive ketones (excluding diaryl/α,β-unsaturated/α-hetero) is 1. The van der Waals surface area contributed by atoms with Gasteiger partial charge in [-0.25, -0.2) is 0 Å². The average molecular weight is 313 g/mol. The summed E-state index contributed by atoms with van der Waals surface area (Å²) >= 11 is 3.47. The summed E-state index contributed by atoms with van der Waals surface area (Å²) in [6.45, 7) is 0. The molecule has 1 fully saturated rings. The van der Waals surface area contributed by atoms with Gasteiger partial charge >= 0.3 is 0 Å². The van der Waals surface area contributed by atoms with Gasteiger partial charge in [0.2, 0.25) is 0 Å². The van der Waals surface area contributed by atoms with Crippen molar-refractivity contribution in [2.45, 2.75) is 25.7 Å². The fourth-order valence-electron chi connectivity index (χ4n) is 2.02. The highest BCUT2D eigenvalue weighted by atomic mass is 79.9. The Kier molecular flexibility index (Phi) is 4.27. The van der Waals surface area contributed by atoms with E-state index in [2.05, 4.69) is 15.9 Å². The van der Waals surface area contributed by atoms with E-state index in [0.29, 0.717) is 18.1 Å². The van der Waals surface area contributed by atoms with E-state index < -0.39 is 0 Å². The molecule has 0 bridgehead atoms. The number of aryl methyl sites for hydroxylation is 1. The minimum absolute atomic E-state index is 0.331. The highest BCUT2D eigenvalue weighted by Gasteiger charge is 2.29. The van der Waals surface area contributed by atoms with Gasteiger partial charge in [0.15, 0.2) is 0 Å². The van der Waals surface area contributed by atoms with Crippen molar-refractivity contribution in [3.8, 4) is 11.5 Å². The Morgan fingerprint density at radius 3 is 2.61 bits per heavy atom. The minimum Gasteiger partial charge on any atom is -0.495 e. The van der Waals surface area contributed by atoms with E-state index in [4.69, 9.17) is 9.47 Å². The first-order valence-corrected chi connectivity index (χ1v) is 6.88. The lowest BCUT2D eigenvalue weighted by Crippen LogP contribution is -2.03. The van der Waals surface area contributed by atoms with Crippen LogP contribution in [-0.2, 0) is 11.2 Å². The van der Waals surface area contributed by atoms with E-state index in [-0.39, 0.29) is 0 Å². The molecule has 0 unspecified atom stereocenters. The van der Waals surface area contributed by atoms with Crippen molar-refractivity contribution in [2.24, 2.45) is 5.92 Å². The SMILES string of the molecule is COc1ccc(CCC(=O)C2CC2)c(OC)c1Br. The molecular weight excluding hydrogens is 296 g/mol. The zero-order chi connectivity index (χ0) is 13.1. The fraction of sp³-hybridized carbons (Fsp3) is 0.500. The monoisotopic (exact) mass is 312 g/mol. The molecule has 1 aliphatic carbocycles. The Morgan fingerprint density at radius 1 is 1.33 bits per heavy atom. The lowest BCUT2D eigenvalue weighted by molar-refractivity contribution is -0.120. The summed E-state index contributed by atoms with van der Waals surface area (Å²) < 4.78 is 11.4. The molecule has 1 saturated carbocycles. The molecule has 3 nitrogen and oxygen atoms in total. The second-order valence-electron chi connectivity index (χ2n) is 4.51. The Bertz CT molecular complexity index is 453. The van der Waals surface area contributed by atoms with Gasteiger partial charge in [0.1, 0.15) is 21.8 Å². The van der Waals surface area contributed by atoms with Gasteiger partial charge in [0.25, 0.3) is 0 Å². The van der Waals surface area contributed by atoms with Gasteiger partial charge in [0.05, 0.1) is 14.2 Å². The molecule has 0 aliphatic heterocycles. The van der Waals surface area contributed by atoms with E-state index >= 15 is 0 Å². The summed E-state index contributed by atoms with van der Waals surface area (Å²) in [4.78, 5) is 11.7. The van der Waals surface area contributed by atoms with Crippen LogP contribution in [0.1, 0.15) is 24.8 Å². The van der Waals surface area contributed by atoms with E-state index in [0.717, 1.165) is 40.8 Å². The highest BCUT2D eigenvalue weighted by molar-refractivity contribution is 9.10. The third-order valence-corrected chi connectivity index (χ3v) is 3.99. The summed E-state index contributed by atoms with van der Waals surface area (Å²) in [5, 5.41) is 0. The second-order valence-corrected chi connectivity index (χ2v) is 5.31. The largest absolute Gasteiger partial charge is 0.495 e. The van der Waals surface area contributed by atoms with Gasteiger partial charge in [0, 0.05) is 12.3 Å². The van der Waals surface area contributed by atoms with E-state index in [1.165, 1.54) is 0 Å². The lowest BCUT2D eigenvalue weighted by Gasteiger charge is -2.13. The maximum Gasteiger partial charge on any atom is 0.140 e. The van der Waals surface area contributed by atoms with Crippen molar-refractivity contribution in [3.63, 3.8) is 0 Å². The van der Waals surface area contributed by atoms with E-state index in [1.54, 1.807) is 14.2 Å². The zero-order valence-corrected chi connectivity index (χ0v) is 12.2. The molecular formula is C14H17BrO3. The second kappa shape index (κ2) is 5.74. The molecule has 98 valence electrons. The van der Waals surface area contributed by atoms with Crippen LogP contribution < -0.4 is 9.47 Å². The van der Waals surface area contributed by atoms with E-state index in [1.807, 2.05) is 12.1 Å². The van der Waals surface area contributed by atoms with Crippen LogP contribution in [0.3, 0.4) is 0 Å². The van der Waals surface area contributed by atoms with Crippen molar-refractivity contribution < 1.29 is 14.3 Å². The Balaban J connectivity index is 2.11. The summed E-state index contributed by atoms with van der Waals surface area (Å²) in [6.07, 6.45) is 3.46. The summed E-state index contributed by atoms with van der Waals surface area (Å²) in [5.74, 6) is 2.21. The van der Waals surface area contributed by atoms with Crippen LogP contribution in [0.2, 0.25) is 0 Å². The van der Waals surface area contributed by atoms with E-state index in [9.17, 15) is 4.79 Å². The van der Waals surface area contributed by atoms with Crippen LogP contribution in [0.5, 0.6) is 11.5 Å². The number of rotatable bonds is 6. The third kappa shape index (κ3) is 2.86. The first-order chi connectivity index (χ1) is 8.67. The van der Waals surface area contributed by atoms with Gasteiger partial charge in [-0.1, -0.05) is 6.07 Å². The molecule has 1 aromatic carbocycles. The quantitative estimate of drug-likeness (QED) is 0.808. The maximum absolute atomic E-state index is 11.7. The maximum atomic E-state index is 11.7. The van der Waals surface area contributed by atoms with Crippen LogP contribution in [-0.4, -0.2) is 20.0 Å². The normalized spacial score (nSPS) is 14.4. The molecule has 0 aromatic heterocycles. The molecule has 0 saturated heterocycles. The molecule has 0 radical (unpaired) electrons. The van der Waals surface area contributed by atoms with Crippen molar-refractivity contribution in [1.82, 2.24) is 0 Å². The number of carbonyl (C=O) groups is 1. The van der Waals surface area contributed by atoms with Crippen molar-refractivity contribution in [2.75, 3.05) is 14.2 Å². The predicted molar refractivity (Wildman–Crippen MR) is 73.3 cm³/mol. The topological polar surface area (TPSA) is 35.5 Å². The summed E-state index contributed by atoms with van der Waals surface area (Å²) in [6, 6.07) is 3.85. The molecule has 0 amide bonds. The van der Waals surface area contributed by atoms with Gasteiger partial charge in [-0.05, 0) is 46.8 Å². The molecule has 0 spiro atoms. The number of ketones is 1. The minimum atomic E-state index is 0.331. The van der Waals surface area contributed by atoms with Gasteiger partial charge in [-0.15, -0.1) is 0 Å². The predicted octanol–water partition coefficient (Wildman–Crippen LogP) is 3.38. The molecule has 0 heterocycles. The number of benzene rings is 1. The first-order valence-electron chi connectivity index (χ1n) is 6.09. The fourth-order valence-corrected chi connectivity index (χ4v) is 2.73. The standard InChI is InChI=1S/C14H17BrO3/c1-17-12-8-6-10(14(18-2)13(12)15)5-7-11(16)9-3-4-9/h6,8-9H,3-5,7H2,1-2H3. The molecule has 0 N–H and O–H groups in total. The molecule has 1 aromatic rings. The lowest BCUT2D eigenvalue weighted by atomic mass is 10.0. The summed E-state index contributed by atoms with van der Waals surface area (Å²) in [7, 11) is 3.25. The number of carbonyl (C=O) groups excluding carboxylic acids is 1. The Morgan fingerprint density at radius 2 is 2.06 bits per heavy atom. The van der Waals surface area contributed by atoms with Crippen molar-refractivity contribution in [3.05, 3.63) is 22.2 Å². The number of hydrogen-bond acceptors (Lipinski definition) is 3. The van der Waals surface area contributed by atoms with Crippen molar-refractivity contribution >= 4 is 21.7 Å². The van der Waals surface area contributed by atoms with Gasteiger partial charge in [-0.2, -0.15) is 0 Å². The van der Waals surface area contributed by atoms with Gasteiger partial charge in [-0.3, -0.25) is 4.79 Å². The molecule has 1 aliphatic rings. The van der Waals surface area contributed by atoms with Crippen LogP contribution in [0.25, 0.3) is 0 Å². The Hall–Kier alpha value is -1.03. The molecule has 4 heteroatoms. The zero-order valence-electron chi connectivity index (χ0n) is 10.7. The molecule has 2 rings (SSSR count). The highest BCUT2D eigenvalue weighted by Crippen LogP contribution is 2.38. The van der Waals surface area contributed by atoms with Crippen LogP contribution in [0.4, 0.5) is 0 Å². The van der Waals surface area contributed by atoms with Crippen LogP contribution in [0.15, 0.2) is 16.6 Å². The van der Waals surface area contributed by atoms with Crippen LogP contribution >= 0.6 is 15.9 Å². The number of methoxy groups -OCH3 is 2. The van der Waals surface area contributed by atoms with Crippen molar-refractivity contribution in [1.29, 1.82) is 0 Å². The third-order valence-electron chi connectivity index (χ3n) is 3.24. The number of halogens is 1. The molecule has 18 heavy (non-hydrogen) atoms. The molecule has 0 atom stereocenters. The van der Waals surface area contributed by atoms with Gasteiger partial charge < -0.3 is 9.47 Å². The smallest absolute Gasteiger partial charge is 0.140 e. The first kappa shape index (κ1) is 13.4. The number of ether oxygens (including phenoxy) is 2. The Labute approximate surface area is 116 Å².